The molecule has 88 valence electrons. The lowest BCUT2D eigenvalue weighted by Crippen LogP contribution is -2.27. The average Bonchev–Trinajstić information content (AvgIpc) is 2.24. The summed E-state index contributed by atoms with van der Waals surface area (Å²) in [5, 5.41) is 0. The van der Waals surface area contributed by atoms with Gasteiger partial charge in [-0.05, 0) is 32.1 Å². The topological polar surface area (TPSA) is 26.3 Å². The summed E-state index contributed by atoms with van der Waals surface area (Å²) >= 11 is 0. The Bertz CT molecular complexity index is 189. The summed E-state index contributed by atoms with van der Waals surface area (Å²) in [6, 6.07) is 0. The van der Waals surface area contributed by atoms with Crippen molar-refractivity contribution >= 4 is 5.78 Å². The van der Waals surface area contributed by atoms with Crippen LogP contribution in [0.15, 0.2) is 0 Å². The van der Waals surface area contributed by atoms with Gasteiger partial charge in [-0.2, -0.15) is 0 Å². The first-order valence-corrected chi connectivity index (χ1v) is 6.35. The lowest BCUT2D eigenvalue weighted by Gasteiger charge is -2.30. The van der Waals surface area contributed by atoms with Crippen LogP contribution in [0.3, 0.4) is 0 Å². The number of hydrogen-bond acceptors (Lipinski definition) is 2. The highest BCUT2D eigenvalue weighted by Gasteiger charge is 2.23. The fourth-order valence-corrected chi connectivity index (χ4v) is 2.42. The van der Waals surface area contributed by atoms with E-state index >= 15 is 0 Å². The third kappa shape index (κ3) is 4.78. The van der Waals surface area contributed by atoms with E-state index in [9.17, 15) is 4.79 Å². The lowest BCUT2D eigenvalue weighted by molar-refractivity contribution is -0.117. The van der Waals surface area contributed by atoms with E-state index in [1.807, 2.05) is 0 Å². The number of ketones is 1. The second-order valence-electron chi connectivity index (χ2n) is 4.67. The van der Waals surface area contributed by atoms with Crippen LogP contribution in [-0.4, -0.2) is 18.5 Å². The van der Waals surface area contributed by atoms with E-state index in [2.05, 4.69) is 6.92 Å². The molecule has 1 aliphatic carbocycles. The quantitative estimate of drug-likeness (QED) is 0.631. The SMILES string of the molecule is CCC1CCCCC1OCCCC(C)=O. The highest BCUT2D eigenvalue weighted by Crippen LogP contribution is 2.29. The smallest absolute Gasteiger partial charge is 0.129 e. The molecule has 2 nitrogen and oxygen atoms in total. The van der Waals surface area contributed by atoms with Crippen LogP contribution in [0, 0.1) is 5.92 Å². The molecule has 1 aliphatic rings. The van der Waals surface area contributed by atoms with Gasteiger partial charge < -0.3 is 9.53 Å². The van der Waals surface area contributed by atoms with Gasteiger partial charge in [0, 0.05) is 13.0 Å². The molecule has 0 amide bonds. The maximum atomic E-state index is 10.8. The molecule has 0 saturated heterocycles. The van der Waals surface area contributed by atoms with Crippen molar-refractivity contribution < 1.29 is 9.53 Å². The normalized spacial score (nSPS) is 26.5. The van der Waals surface area contributed by atoms with Gasteiger partial charge in [-0.25, -0.2) is 0 Å². The minimum atomic E-state index is 0.272. The zero-order valence-corrected chi connectivity index (χ0v) is 10.1. The second kappa shape index (κ2) is 7.00. The summed E-state index contributed by atoms with van der Waals surface area (Å²) in [6.45, 7) is 4.66. The van der Waals surface area contributed by atoms with Crippen molar-refractivity contribution in [2.45, 2.75) is 64.9 Å². The molecule has 0 radical (unpaired) electrons. The molecule has 1 rings (SSSR count). The molecule has 1 fully saturated rings. The number of ether oxygens (including phenoxy) is 1. The molecule has 2 atom stereocenters. The van der Waals surface area contributed by atoms with E-state index in [-0.39, 0.29) is 5.78 Å². The Balaban J connectivity index is 2.15. The highest BCUT2D eigenvalue weighted by molar-refractivity contribution is 5.75. The molecule has 0 aromatic rings. The van der Waals surface area contributed by atoms with Crippen LogP contribution < -0.4 is 0 Å². The Labute approximate surface area is 93.4 Å². The maximum Gasteiger partial charge on any atom is 0.129 e. The molecule has 0 aromatic carbocycles. The summed E-state index contributed by atoms with van der Waals surface area (Å²) in [5.74, 6) is 1.03. The number of Topliss-reactive ketones (excluding diaryl/α,β-unsaturated/α-hetero) is 1. The Morgan fingerprint density at radius 2 is 2.07 bits per heavy atom. The number of hydrogen-bond donors (Lipinski definition) is 0. The van der Waals surface area contributed by atoms with Gasteiger partial charge in [0.25, 0.3) is 0 Å². The van der Waals surface area contributed by atoms with E-state index in [0.29, 0.717) is 12.5 Å². The number of carbonyl (C=O) groups is 1. The van der Waals surface area contributed by atoms with Crippen LogP contribution in [0.25, 0.3) is 0 Å². The molecule has 2 heteroatoms. The molecule has 2 unspecified atom stereocenters. The van der Waals surface area contributed by atoms with E-state index in [1.165, 1.54) is 32.1 Å². The summed E-state index contributed by atoms with van der Waals surface area (Å²) < 4.78 is 5.88. The maximum absolute atomic E-state index is 10.8. The molecule has 0 aliphatic heterocycles. The summed E-state index contributed by atoms with van der Waals surface area (Å²) in [6.07, 6.45) is 8.49. The zero-order valence-electron chi connectivity index (χ0n) is 10.1. The Morgan fingerprint density at radius 1 is 1.33 bits per heavy atom. The van der Waals surface area contributed by atoms with Crippen LogP contribution in [0.2, 0.25) is 0 Å². The van der Waals surface area contributed by atoms with Gasteiger partial charge in [0.2, 0.25) is 0 Å². The molecule has 0 heterocycles. The zero-order chi connectivity index (χ0) is 11.1. The fourth-order valence-electron chi connectivity index (χ4n) is 2.42. The summed E-state index contributed by atoms with van der Waals surface area (Å²) in [4.78, 5) is 10.8. The average molecular weight is 212 g/mol. The number of rotatable bonds is 6. The lowest BCUT2D eigenvalue weighted by atomic mass is 9.85. The van der Waals surface area contributed by atoms with Crippen LogP contribution in [0.4, 0.5) is 0 Å². The second-order valence-corrected chi connectivity index (χ2v) is 4.67. The van der Waals surface area contributed by atoms with Gasteiger partial charge in [0.15, 0.2) is 0 Å². The molecular weight excluding hydrogens is 188 g/mol. The fraction of sp³-hybridized carbons (Fsp3) is 0.923. The molecule has 0 N–H and O–H groups in total. The monoisotopic (exact) mass is 212 g/mol. The molecule has 0 spiro atoms. The third-order valence-electron chi connectivity index (χ3n) is 3.37. The number of carbonyl (C=O) groups excluding carboxylic acids is 1. The van der Waals surface area contributed by atoms with Crippen molar-refractivity contribution in [1.82, 2.24) is 0 Å². The minimum Gasteiger partial charge on any atom is -0.378 e. The van der Waals surface area contributed by atoms with Crippen LogP contribution in [-0.2, 0) is 9.53 Å². The first-order valence-electron chi connectivity index (χ1n) is 6.35. The largest absolute Gasteiger partial charge is 0.378 e. The third-order valence-corrected chi connectivity index (χ3v) is 3.37. The molecule has 0 bridgehead atoms. The van der Waals surface area contributed by atoms with E-state index in [4.69, 9.17) is 4.74 Å². The predicted octanol–water partition coefficient (Wildman–Crippen LogP) is 3.34. The van der Waals surface area contributed by atoms with Gasteiger partial charge in [0.05, 0.1) is 6.10 Å². The summed E-state index contributed by atoms with van der Waals surface area (Å²) in [5.41, 5.74) is 0. The van der Waals surface area contributed by atoms with Crippen LogP contribution in [0.5, 0.6) is 0 Å². The van der Waals surface area contributed by atoms with Crippen molar-refractivity contribution in [3.05, 3.63) is 0 Å². The van der Waals surface area contributed by atoms with Crippen molar-refractivity contribution in [2.24, 2.45) is 5.92 Å². The van der Waals surface area contributed by atoms with Gasteiger partial charge in [0.1, 0.15) is 5.78 Å². The van der Waals surface area contributed by atoms with Gasteiger partial charge in [-0.3, -0.25) is 0 Å². The predicted molar refractivity (Wildman–Crippen MR) is 61.9 cm³/mol. The van der Waals surface area contributed by atoms with E-state index in [1.54, 1.807) is 6.92 Å². The van der Waals surface area contributed by atoms with Crippen LogP contribution >= 0.6 is 0 Å². The Hall–Kier alpha value is -0.370. The van der Waals surface area contributed by atoms with Crippen molar-refractivity contribution in [3.8, 4) is 0 Å². The van der Waals surface area contributed by atoms with Crippen molar-refractivity contribution in [1.29, 1.82) is 0 Å². The van der Waals surface area contributed by atoms with E-state index in [0.717, 1.165) is 18.9 Å². The molecular formula is C13H24O2. The van der Waals surface area contributed by atoms with E-state index < -0.39 is 0 Å². The van der Waals surface area contributed by atoms with Gasteiger partial charge in [-0.1, -0.05) is 26.2 Å². The first kappa shape index (κ1) is 12.7. The van der Waals surface area contributed by atoms with Crippen molar-refractivity contribution in [2.75, 3.05) is 6.61 Å². The van der Waals surface area contributed by atoms with Crippen molar-refractivity contribution in [3.63, 3.8) is 0 Å². The van der Waals surface area contributed by atoms with Gasteiger partial charge >= 0.3 is 0 Å². The molecule has 15 heavy (non-hydrogen) atoms. The molecule has 1 saturated carbocycles. The molecule has 0 aromatic heterocycles. The first-order chi connectivity index (χ1) is 7.24. The Kier molecular flexibility index (Phi) is 5.92. The van der Waals surface area contributed by atoms with Gasteiger partial charge in [-0.15, -0.1) is 0 Å². The van der Waals surface area contributed by atoms with Crippen LogP contribution in [0.1, 0.15) is 58.8 Å². The highest BCUT2D eigenvalue weighted by atomic mass is 16.5. The minimum absolute atomic E-state index is 0.272. The summed E-state index contributed by atoms with van der Waals surface area (Å²) in [7, 11) is 0. The standard InChI is InChI=1S/C13H24O2/c1-3-12-8-4-5-9-13(12)15-10-6-7-11(2)14/h12-13H,3-10H2,1-2H3. The Morgan fingerprint density at radius 3 is 2.73 bits per heavy atom.